The third kappa shape index (κ3) is 3.48. The van der Waals surface area contributed by atoms with Crippen LogP contribution >= 0.6 is 0 Å². The Balaban J connectivity index is 2.09. The molecule has 1 fully saturated rings. The summed E-state index contributed by atoms with van der Waals surface area (Å²) in [4.78, 5) is 14.0. The second-order valence-corrected chi connectivity index (χ2v) is 6.02. The normalized spacial score (nSPS) is 23.4. The molecule has 2 rings (SSSR count). The van der Waals surface area contributed by atoms with Gasteiger partial charge >= 0.3 is 5.97 Å². The van der Waals surface area contributed by atoms with Crippen LogP contribution in [-0.2, 0) is 11.3 Å². The van der Waals surface area contributed by atoms with Gasteiger partial charge in [-0.3, -0.25) is 9.69 Å². The standard InChI is InChI=1S/C17H23NO2/c1-14(2)11-17(16(19)20)9-6-10-18(13-17)12-15-7-4-3-5-8-15/h3-5,7-8H,1,6,9-13H2,2H3,(H,19,20). The Bertz CT molecular complexity index is 483. The lowest BCUT2D eigenvalue weighted by molar-refractivity contribution is -0.152. The maximum atomic E-state index is 11.7. The molecule has 3 heteroatoms. The molecule has 0 bridgehead atoms. The number of rotatable bonds is 5. The first kappa shape index (κ1) is 14.8. The van der Waals surface area contributed by atoms with Crippen LogP contribution in [0.25, 0.3) is 0 Å². The van der Waals surface area contributed by atoms with Crippen molar-refractivity contribution in [3.05, 3.63) is 48.0 Å². The first-order chi connectivity index (χ1) is 9.52. The van der Waals surface area contributed by atoms with E-state index in [1.54, 1.807) is 0 Å². The molecule has 1 saturated heterocycles. The fraction of sp³-hybridized carbons (Fsp3) is 0.471. The fourth-order valence-electron chi connectivity index (χ4n) is 3.18. The molecule has 1 N–H and O–H groups in total. The Hall–Kier alpha value is -1.61. The van der Waals surface area contributed by atoms with E-state index in [2.05, 4.69) is 23.6 Å². The van der Waals surface area contributed by atoms with Crippen molar-refractivity contribution in [2.24, 2.45) is 5.41 Å². The maximum Gasteiger partial charge on any atom is 0.311 e. The number of hydrogen-bond acceptors (Lipinski definition) is 2. The Morgan fingerprint density at radius 2 is 2.10 bits per heavy atom. The zero-order valence-corrected chi connectivity index (χ0v) is 12.1. The Morgan fingerprint density at radius 1 is 1.40 bits per heavy atom. The minimum atomic E-state index is -0.682. The van der Waals surface area contributed by atoms with Gasteiger partial charge in [-0.15, -0.1) is 6.58 Å². The Kier molecular flexibility index (Phi) is 4.61. The van der Waals surface area contributed by atoms with Crippen LogP contribution < -0.4 is 0 Å². The second-order valence-electron chi connectivity index (χ2n) is 6.02. The number of hydrogen-bond donors (Lipinski definition) is 1. The number of carbonyl (C=O) groups is 1. The largest absolute Gasteiger partial charge is 0.481 e. The molecule has 1 unspecified atom stereocenters. The summed E-state index contributed by atoms with van der Waals surface area (Å²) in [5.74, 6) is -0.682. The summed E-state index contributed by atoms with van der Waals surface area (Å²) >= 11 is 0. The van der Waals surface area contributed by atoms with Gasteiger partial charge in [-0.25, -0.2) is 0 Å². The topological polar surface area (TPSA) is 40.5 Å². The van der Waals surface area contributed by atoms with Crippen LogP contribution in [0, 0.1) is 5.41 Å². The van der Waals surface area contributed by atoms with E-state index in [4.69, 9.17) is 0 Å². The minimum Gasteiger partial charge on any atom is -0.481 e. The summed E-state index contributed by atoms with van der Waals surface area (Å²) < 4.78 is 0. The lowest BCUT2D eigenvalue weighted by Gasteiger charge is -2.40. The van der Waals surface area contributed by atoms with E-state index in [1.807, 2.05) is 25.1 Å². The molecule has 0 saturated carbocycles. The molecule has 20 heavy (non-hydrogen) atoms. The highest BCUT2D eigenvalue weighted by molar-refractivity contribution is 5.75. The number of benzene rings is 1. The molecule has 0 amide bonds. The highest BCUT2D eigenvalue weighted by Crippen LogP contribution is 2.36. The van der Waals surface area contributed by atoms with Gasteiger partial charge in [0.25, 0.3) is 0 Å². The minimum absolute atomic E-state index is 0.577. The number of carboxylic acid groups (broad SMARTS) is 1. The molecule has 1 atom stereocenters. The summed E-state index contributed by atoms with van der Waals surface area (Å²) in [5, 5.41) is 9.65. The van der Waals surface area contributed by atoms with Crippen LogP contribution in [0.15, 0.2) is 42.5 Å². The van der Waals surface area contributed by atoms with Crippen molar-refractivity contribution in [2.45, 2.75) is 32.7 Å². The zero-order chi connectivity index (χ0) is 14.6. The summed E-state index contributed by atoms with van der Waals surface area (Å²) in [7, 11) is 0. The molecule has 1 aromatic carbocycles. The molecule has 0 radical (unpaired) electrons. The molecule has 0 aliphatic carbocycles. The fourth-order valence-corrected chi connectivity index (χ4v) is 3.18. The molecule has 0 spiro atoms. The van der Waals surface area contributed by atoms with Crippen molar-refractivity contribution in [3.8, 4) is 0 Å². The molecule has 1 heterocycles. The lowest BCUT2D eigenvalue weighted by Crippen LogP contribution is -2.47. The van der Waals surface area contributed by atoms with Crippen molar-refractivity contribution in [2.75, 3.05) is 13.1 Å². The average molecular weight is 273 g/mol. The van der Waals surface area contributed by atoms with Crippen molar-refractivity contribution in [3.63, 3.8) is 0 Å². The molecular weight excluding hydrogens is 250 g/mol. The molecule has 0 aromatic heterocycles. The highest BCUT2D eigenvalue weighted by atomic mass is 16.4. The van der Waals surface area contributed by atoms with Gasteiger partial charge in [-0.1, -0.05) is 35.9 Å². The van der Waals surface area contributed by atoms with E-state index >= 15 is 0 Å². The molecule has 3 nitrogen and oxygen atoms in total. The number of aliphatic carboxylic acids is 1. The van der Waals surface area contributed by atoms with Gasteiger partial charge in [0.2, 0.25) is 0 Å². The van der Waals surface area contributed by atoms with Crippen LogP contribution in [0.3, 0.4) is 0 Å². The van der Waals surface area contributed by atoms with Crippen LogP contribution in [0.1, 0.15) is 31.7 Å². The van der Waals surface area contributed by atoms with Crippen LogP contribution in [0.5, 0.6) is 0 Å². The third-order valence-corrected chi connectivity index (χ3v) is 4.00. The quantitative estimate of drug-likeness (QED) is 0.837. The van der Waals surface area contributed by atoms with Crippen LogP contribution in [-0.4, -0.2) is 29.1 Å². The van der Waals surface area contributed by atoms with E-state index in [0.717, 1.165) is 31.5 Å². The van der Waals surface area contributed by atoms with Crippen molar-refractivity contribution in [1.29, 1.82) is 0 Å². The molecule has 1 aliphatic heterocycles. The van der Waals surface area contributed by atoms with Gasteiger partial charge < -0.3 is 5.11 Å². The number of piperidine rings is 1. The van der Waals surface area contributed by atoms with Crippen LogP contribution in [0.4, 0.5) is 0 Å². The molecule has 1 aliphatic rings. The van der Waals surface area contributed by atoms with E-state index in [1.165, 1.54) is 5.56 Å². The maximum absolute atomic E-state index is 11.7. The first-order valence-electron chi connectivity index (χ1n) is 7.16. The molecule has 1 aromatic rings. The van der Waals surface area contributed by atoms with Crippen LogP contribution in [0.2, 0.25) is 0 Å². The van der Waals surface area contributed by atoms with Gasteiger partial charge in [0.1, 0.15) is 0 Å². The van der Waals surface area contributed by atoms with Crippen molar-refractivity contribution in [1.82, 2.24) is 4.90 Å². The Morgan fingerprint density at radius 3 is 2.70 bits per heavy atom. The first-order valence-corrected chi connectivity index (χ1v) is 7.16. The summed E-state index contributed by atoms with van der Waals surface area (Å²) in [6.45, 7) is 8.23. The molecule has 108 valence electrons. The average Bonchev–Trinajstić information content (AvgIpc) is 2.39. The van der Waals surface area contributed by atoms with Gasteiger partial charge in [0, 0.05) is 13.1 Å². The Labute approximate surface area is 120 Å². The lowest BCUT2D eigenvalue weighted by atomic mass is 9.75. The van der Waals surface area contributed by atoms with Gasteiger partial charge in [-0.2, -0.15) is 0 Å². The second kappa shape index (κ2) is 6.23. The number of carboxylic acids is 1. The predicted octanol–water partition coefficient (Wildman–Crippen LogP) is 3.32. The predicted molar refractivity (Wildman–Crippen MR) is 80.5 cm³/mol. The summed E-state index contributed by atoms with van der Waals surface area (Å²) in [5.41, 5.74) is 1.54. The van der Waals surface area contributed by atoms with E-state index in [-0.39, 0.29) is 0 Å². The van der Waals surface area contributed by atoms with E-state index in [9.17, 15) is 9.90 Å². The zero-order valence-electron chi connectivity index (χ0n) is 12.1. The number of nitrogens with zero attached hydrogens (tertiary/aromatic N) is 1. The third-order valence-electron chi connectivity index (χ3n) is 4.00. The van der Waals surface area contributed by atoms with E-state index < -0.39 is 11.4 Å². The summed E-state index contributed by atoms with van der Waals surface area (Å²) in [6.07, 6.45) is 2.26. The SMILES string of the molecule is C=C(C)CC1(C(=O)O)CCCN(Cc2ccccc2)C1. The van der Waals surface area contributed by atoms with Crippen molar-refractivity contribution >= 4 is 5.97 Å². The highest BCUT2D eigenvalue weighted by Gasteiger charge is 2.42. The summed E-state index contributed by atoms with van der Waals surface area (Å²) in [6, 6.07) is 10.2. The van der Waals surface area contributed by atoms with E-state index in [0.29, 0.717) is 13.0 Å². The van der Waals surface area contributed by atoms with Gasteiger partial charge in [-0.05, 0) is 38.3 Å². The smallest absolute Gasteiger partial charge is 0.311 e. The number of likely N-dealkylation sites (tertiary alicyclic amines) is 1. The van der Waals surface area contributed by atoms with Gasteiger partial charge in [0.15, 0.2) is 0 Å². The molecular formula is C17H23NO2. The number of allylic oxidation sites excluding steroid dienone is 1. The monoisotopic (exact) mass is 273 g/mol. The van der Waals surface area contributed by atoms with Gasteiger partial charge in [0.05, 0.1) is 5.41 Å². The van der Waals surface area contributed by atoms with Crippen molar-refractivity contribution < 1.29 is 9.90 Å².